The van der Waals surface area contributed by atoms with Crippen molar-refractivity contribution in [2.24, 2.45) is 0 Å². The van der Waals surface area contributed by atoms with Crippen LogP contribution in [0.1, 0.15) is 27.4 Å². The van der Waals surface area contributed by atoms with Gasteiger partial charge in [0.2, 0.25) is 11.7 Å². The summed E-state index contributed by atoms with van der Waals surface area (Å²) in [6.45, 7) is -0.362. The number of nitrogens with zero attached hydrogens (tertiary/aromatic N) is 2. The molecule has 0 radical (unpaired) electrons. The molecule has 1 amide bonds. The summed E-state index contributed by atoms with van der Waals surface area (Å²) in [6, 6.07) is 8.26. The van der Waals surface area contributed by atoms with E-state index in [2.05, 4.69) is 15.5 Å². The molecule has 0 saturated carbocycles. The number of hydrogen-bond acceptors (Lipinski definition) is 4. The van der Waals surface area contributed by atoms with Gasteiger partial charge in [-0.05, 0) is 24.3 Å². The number of nitrogens with one attached hydrogen (secondary N) is 1. The molecule has 1 aromatic heterocycles. The Labute approximate surface area is 159 Å². The van der Waals surface area contributed by atoms with Crippen molar-refractivity contribution in [2.75, 3.05) is 0 Å². The predicted molar refractivity (Wildman–Crippen MR) is 87.4 cm³/mol. The molecule has 11 heteroatoms. The predicted octanol–water partition coefficient (Wildman–Crippen LogP) is 4.70. The smallest absolute Gasteiger partial charge is 0.343 e. The topological polar surface area (TPSA) is 68.0 Å². The van der Waals surface area contributed by atoms with Crippen LogP contribution in [0.3, 0.4) is 0 Å². The van der Waals surface area contributed by atoms with Crippen molar-refractivity contribution in [1.82, 2.24) is 15.5 Å². The summed E-state index contributed by atoms with van der Waals surface area (Å²) in [5.41, 5.74) is -2.27. The number of aromatic nitrogens is 2. The van der Waals surface area contributed by atoms with E-state index in [0.717, 1.165) is 42.5 Å². The van der Waals surface area contributed by atoms with Crippen LogP contribution in [0.15, 0.2) is 53.1 Å². The highest BCUT2D eigenvalue weighted by atomic mass is 19.4. The molecule has 0 aliphatic rings. The van der Waals surface area contributed by atoms with Gasteiger partial charge in [0.15, 0.2) is 0 Å². The van der Waals surface area contributed by atoms with E-state index in [4.69, 9.17) is 4.52 Å². The zero-order chi connectivity index (χ0) is 21.2. The maximum Gasteiger partial charge on any atom is 0.417 e. The van der Waals surface area contributed by atoms with E-state index in [1.54, 1.807) is 0 Å². The molecule has 0 spiro atoms. The van der Waals surface area contributed by atoms with Crippen LogP contribution in [0.2, 0.25) is 0 Å². The van der Waals surface area contributed by atoms with Crippen molar-refractivity contribution in [3.63, 3.8) is 0 Å². The van der Waals surface area contributed by atoms with Crippen molar-refractivity contribution in [2.45, 2.75) is 18.9 Å². The molecule has 152 valence electrons. The van der Waals surface area contributed by atoms with Gasteiger partial charge >= 0.3 is 12.4 Å². The summed E-state index contributed by atoms with van der Waals surface area (Å²) in [7, 11) is 0. The fourth-order valence-corrected chi connectivity index (χ4v) is 2.43. The molecule has 0 bridgehead atoms. The first-order chi connectivity index (χ1) is 13.6. The Hall–Kier alpha value is -3.37. The molecule has 0 atom stereocenters. The lowest BCUT2D eigenvalue weighted by atomic mass is 10.1. The summed E-state index contributed by atoms with van der Waals surface area (Å²) >= 11 is 0. The van der Waals surface area contributed by atoms with Gasteiger partial charge in [0.05, 0.1) is 23.2 Å². The molecular weight excluding hydrogens is 404 g/mol. The van der Waals surface area contributed by atoms with Crippen LogP contribution in [0.4, 0.5) is 26.3 Å². The number of rotatable bonds is 4. The van der Waals surface area contributed by atoms with Crippen molar-refractivity contribution >= 4 is 5.91 Å². The van der Waals surface area contributed by atoms with E-state index in [0.29, 0.717) is 0 Å². The number of amides is 1. The van der Waals surface area contributed by atoms with E-state index in [-0.39, 0.29) is 23.8 Å². The van der Waals surface area contributed by atoms with Gasteiger partial charge in [-0.2, -0.15) is 31.3 Å². The normalized spacial score (nSPS) is 12.1. The highest BCUT2D eigenvalue weighted by Gasteiger charge is 2.35. The van der Waals surface area contributed by atoms with E-state index in [9.17, 15) is 31.1 Å². The minimum Gasteiger partial charge on any atom is -0.343 e. The number of carbonyl (C=O) groups excluding carboxylic acids is 1. The molecule has 1 N–H and O–H groups in total. The SMILES string of the molecule is O=C(NCc1nc(-c2ccc(C(F)(F)F)cc2)no1)c1ccccc1C(F)(F)F. The number of halogens is 6. The van der Waals surface area contributed by atoms with Crippen LogP contribution in [-0.2, 0) is 18.9 Å². The van der Waals surface area contributed by atoms with Crippen LogP contribution in [0, 0.1) is 0 Å². The fourth-order valence-electron chi connectivity index (χ4n) is 2.43. The largest absolute Gasteiger partial charge is 0.417 e. The molecule has 29 heavy (non-hydrogen) atoms. The van der Waals surface area contributed by atoms with E-state index in [1.165, 1.54) is 6.07 Å². The lowest BCUT2D eigenvalue weighted by molar-refractivity contribution is -0.138. The molecule has 0 aliphatic heterocycles. The Morgan fingerprint density at radius 3 is 2.21 bits per heavy atom. The molecule has 3 rings (SSSR count). The first kappa shape index (κ1) is 20.4. The number of alkyl halides is 6. The standard InChI is InChI=1S/C18H11F6N3O2/c19-17(20,21)11-7-5-10(6-8-11)15-26-14(29-27-15)9-25-16(28)12-3-1-2-4-13(12)18(22,23)24/h1-8H,9H2,(H,25,28). The Bertz CT molecular complexity index is 1010. The van der Waals surface area contributed by atoms with Gasteiger partial charge in [-0.15, -0.1) is 0 Å². The van der Waals surface area contributed by atoms with Gasteiger partial charge in [-0.3, -0.25) is 4.79 Å². The zero-order valence-corrected chi connectivity index (χ0v) is 14.3. The van der Waals surface area contributed by atoms with Crippen LogP contribution in [0.25, 0.3) is 11.4 Å². The quantitative estimate of drug-likeness (QED) is 0.627. The Morgan fingerprint density at radius 1 is 0.931 bits per heavy atom. The van der Waals surface area contributed by atoms with Gasteiger partial charge in [0.1, 0.15) is 0 Å². The lowest BCUT2D eigenvalue weighted by Crippen LogP contribution is -2.26. The van der Waals surface area contributed by atoms with Crippen molar-refractivity contribution in [3.8, 4) is 11.4 Å². The highest BCUT2D eigenvalue weighted by Crippen LogP contribution is 2.32. The van der Waals surface area contributed by atoms with E-state index in [1.807, 2.05) is 0 Å². The summed E-state index contributed by atoms with van der Waals surface area (Å²) in [4.78, 5) is 16.0. The second-order valence-electron chi connectivity index (χ2n) is 5.81. The molecule has 0 fully saturated rings. The van der Waals surface area contributed by atoms with Crippen molar-refractivity contribution in [3.05, 3.63) is 71.1 Å². The zero-order valence-electron chi connectivity index (χ0n) is 14.3. The average Bonchev–Trinajstić information content (AvgIpc) is 3.14. The molecule has 1 heterocycles. The fraction of sp³-hybridized carbons (Fsp3) is 0.167. The molecule has 0 unspecified atom stereocenters. The van der Waals surface area contributed by atoms with Gasteiger partial charge < -0.3 is 9.84 Å². The summed E-state index contributed by atoms with van der Waals surface area (Å²) < 4.78 is 81.6. The van der Waals surface area contributed by atoms with Gasteiger partial charge in [-0.1, -0.05) is 29.4 Å². The van der Waals surface area contributed by atoms with Gasteiger partial charge in [0, 0.05) is 5.56 Å². The maximum atomic E-state index is 13.0. The molecule has 3 aromatic rings. The van der Waals surface area contributed by atoms with Gasteiger partial charge in [0.25, 0.3) is 5.91 Å². The summed E-state index contributed by atoms with van der Waals surface area (Å²) in [5.74, 6) is -1.15. The highest BCUT2D eigenvalue weighted by molar-refractivity contribution is 5.95. The third kappa shape index (κ3) is 4.73. The monoisotopic (exact) mass is 415 g/mol. The Balaban J connectivity index is 1.69. The molecule has 2 aromatic carbocycles. The first-order valence-electron chi connectivity index (χ1n) is 8.00. The van der Waals surface area contributed by atoms with Crippen molar-refractivity contribution < 1.29 is 35.7 Å². The third-order valence-corrected chi connectivity index (χ3v) is 3.82. The number of benzene rings is 2. The first-order valence-corrected chi connectivity index (χ1v) is 8.00. The molecular formula is C18H11F6N3O2. The molecule has 5 nitrogen and oxygen atoms in total. The van der Waals surface area contributed by atoms with Gasteiger partial charge in [-0.25, -0.2) is 0 Å². The lowest BCUT2D eigenvalue weighted by Gasteiger charge is -2.11. The molecule has 0 saturated heterocycles. The Morgan fingerprint density at radius 2 is 1.59 bits per heavy atom. The second kappa shape index (κ2) is 7.57. The summed E-state index contributed by atoms with van der Waals surface area (Å²) in [5, 5.41) is 5.82. The minimum absolute atomic E-state index is 0.0290. The maximum absolute atomic E-state index is 13.0. The van der Waals surface area contributed by atoms with Crippen molar-refractivity contribution in [1.29, 1.82) is 0 Å². The Kier molecular flexibility index (Phi) is 5.31. The second-order valence-corrected chi connectivity index (χ2v) is 5.81. The third-order valence-electron chi connectivity index (χ3n) is 3.82. The van der Waals surface area contributed by atoms with Crippen LogP contribution >= 0.6 is 0 Å². The van der Waals surface area contributed by atoms with E-state index < -0.39 is 35.0 Å². The number of hydrogen-bond donors (Lipinski definition) is 1. The number of carbonyl (C=O) groups is 1. The summed E-state index contributed by atoms with van der Waals surface area (Å²) in [6.07, 6.45) is -9.19. The average molecular weight is 415 g/mol. The van der Waals surface area contributed by atoms with E-state index >= 15 is 0 Å². The van der Waals surface area contributed by atoms with Crippen LogP contribution in [-0.4, -0.2) is 16.0 Å². The van der Waals surface area contributed by atoms with Crippen LogP contribution < -0.4 is 5.32 Å². The minimum atomic E-state index is -4.70. The van der Waals surface area contributed by atoms with Crippen LogP contribution in [0.5, 0.6) is 0 Å². The molecule has 0 aliphatic carbocycles.